The zero-order chi connectivity index (χ0) is 14.9. The molecule has 2 rings (SSSR count). The lowest BCUT2D eigenvalue weighted by atomic mass is 10.1. The number of aliphatic hydroxyl groups excluding tert-OH is 1. The maximum absolute atomic E-state index is 12.3. The molecule has 0 aromatic heterocycles. The molecule has 0 aliphatic carbocycles. The molecule has 1 amide bonds. The van der Waals surface area contributed by atoms with E-state index in [0.717, 1.165) is 38.0 Å². The predicted molar refractivity (Wildman–Crippen MR) is 82.2 cm³/mol. The second-order valence-electron chi connectivity index (χ2n) is 5.54. The molecular weight excluding hydrogens is 266 g/mol. The highest BCUT2D eigenvalue weighted by Gasteiger charge is 2.24. The average Bonchev–Trinajstić information content (AvgIpc) is 2.77. The van der Waals surface area contributed by atoms with Crippen LogP contribution < -0.4 is 4.74 Å². The van der Waals surface area contributed by atoms with Crippen LogP contribution in [0.2, 0.25) is 0 Å². The maximum atomic E-state index is 12.3. The lowest BCUT2D eigenvalue weighted by molar-refractivity contribution is -0.134. The Morgan fingerprint density at radius 1 is 1.24 bits per heavy atom. The van der Waals surface area contributed by atoms with Gasteiger partial charge >= 0.3 is 0 Å². The van der Waals surface area contributed by atoms with Crippen LogP contribution in [-0.4, -0.2) is 41.7 Å². The summed E-state index contributed by atoms with van der Waals surface area (Å²) in [6, 6.07) is 9.66. The normalized spacial score (nSPS) is 19.1. The van der Waals surface area contributed by atoms with Crippen LogP contribution in [0.25, 0.3) is 0 Å². The minimum absolute atomic E-state index is 0.00930. The number of para-hydroxylation sites is 1. The van der Waals surface area contributed by atoms with E-state index in [0.29, 0.717) is 19.4 Å². The van der Waals surface area contributed by atoms with E-state index in [1.54, 1.807) is 0 Å². The summed E-state index contributed by atoms with van der Waals surface area (Å²) in [5, 5.41) is 9.44. The van der Waals surface area contributed by atoms with Gasteiger partial charge in [-0.05, 0) is 31.4 Å². The Labute approximate surface area is 126 Å². The van der Waals surface area contributed by atoms with Crippen LogP contribution >= 0.6 is 0 Å². The van der Waals surface area contributed by atoms with Crippen molar-refractivity contribution in [3.8, 4) is 5.75 Å². The number of nitrogens with zero attached hydrogens (tertiary/aromatic N) is 1. The molecule has 0 radical (unpaired) electrons. The first-order valence-electron chi connectivity index (χ1n) is 7.89. The monoisotopic (exact) mass is 291 g/mol. The molecule has 116 valence electrons. The summed E-state index contributed by atoms with van der Waals surface area (Å²) >= 11 is 0. The van der Waals surface area contributed by atoms with Gasteiger partial charge in [-0.1, -0.05) is 31.0 Å². The van der Waals surface area contributed by atoms with E-state index in [-0.39, 0.29) is 18.6 Å². The van der Waals surface area contributed by atoms with E-state index in [1.165, 1.54) is 0 Å². The van der Waals surface area contributed by atoms with Gasteiger partial charge in [-0.2, -0.15) is 0 Å². The lowest BCUT2D eigenvalue weighted by Crippen LogP contribution is -2.42. The molecule has 4 heteroatoms. The summed E-state index contributed by atoms with van der Waals surface area (Å²) in [6.45, 7) is 1.41. The van der Waals surface area contributed by atoms with Crippen molar-refractivity contribution in [1.82, 2.24) is 4.90 Å². The van der Waals surface area contributed by atoms with Crippen molar-refractivity contribution in [1.29, 1.82) is 0 Å². The SMILES string of the molecule is O=C(CCCOc1ccccc1)N1CCCCCC1CO. The molecule has 0 saturated carbocycles. The van der Waals surface area contributed by atoms with Gasteiger partial charge in [0.1, 0.15) is 5.75 Å². The molecule has 4 nitrogen and oxygen atoms in total. The van der Waals surface area contributed by atoms with E-state index < -0.39 is 0 Å². The first-order chi connectivity index (χ1) is 10.3. The Kier molecular flexibility index (Phi) is 6.54. The molecule has 0 spiro atoms. The molecule has 1 atom stereocenters. The highest BCUT2D eigenvalue weighted by atomic mass is 16.5. The van der Waals surface area contributed by atoms with Gasteiger partial charge in [0.05, 0.1) is 19.3 Å². The van der Waals surface area contributed by atoms with Gasteiger partial charge in [0.2, 0.25) is 5.91 Å². The Balaban J connectivity index is 1.72. The van der Waals surface area contributed by atoms with Crippen LogP contribution in [0, 0.1) is 0 Å². The van der Waals surface area contributed by atoms with Crippen molar-refractivity contribution in [2.24, 2.45) is 0 Å². The molecule has 1 fully saturated rings. The van der Waals surface area contributed by atoms with Crippen LogP contribution in [0.15, 0.2) is 30.3 Å². The van der Waals surface area contributed by atoms with Gasteiger partial charge in [0.15, 0.2) is 0 Å². The van der Waals surface area contributed by atoms with Crippen molar-refractivity contribution in [3.05, 3.63) is 30.3 Å². The third-order valence-electron chi connectivity index (χ3n) is 3.96. The van der Waals surface area contributed by atoms with E-state index in [9.17, 15) is 9.90 Å². The molecule has 0 bridgehead atoms. The smallest absolute Gasteiger partial charge is 0.223 e. The summed E-state index contributed by atoms with van der Waals surface area (Å²) in [5.74, 6) is 0.987. The van der Waals surface area contributed by atoms with Gasteiger partial charge in [-0.15, -0.1) is 0 Å². The first-order valence-corrected chi connectivity index (χ1v) is 7.89. The van der Waals surface area contributed by atoms with Crippen LogP contribution in [0.1, 0.15) is 38.5 Å². The van der Waals surface area contributed by atoms with Crippen molar-refractivity contribution >= 4 is 5.91 Å². The van der Waals surface area contributed by atoms with Crippen molar-refractivity contribution in [2.75, 3.05) is 19.8 Å². The summed E-state index contributed by atoms with van der Waals surface area (Å²) in [4.78, 5) is 14.2. The number of carbonyl (C=O) groups is 1. The lowest BCUT2D eigenvalue weighted by Gasteiger charge is -2.28. The van der Waals surface area contributed by atoms with Gasteiger partial charge in [-0.3, -0.25) is 4.79 Å². The van der Waals surface area contributed by atoms with E-state index in [1.807, 2.05) is 35.2 Å². The fourth-order valence-electron chi connectivity index (χ4n) is 2.77. The second kappa shape index (κ2) is 8.67. The van der Waals surface area contributed by atoms with Crippen LogP contribution in [-0.2, 0) is 4.79 Å². The van der Waals surface area contributed by atoms with Gasteiger partial charge in [0, 0.05) is 13.0 Å². The molecular formula is C17H25NO3. The molecule has 1 unspecified atom stereocenters. The quantitative estimate of drug-likeness (QED) is 0.820. The topological polar surface area (TPSA) is 49.8 Å². The van der Waals surface area contributed by atoms with Gasteiger partial charge < -0.3 is 14.7 Å². The third-order valence-corrected chi connectivity index (χ3v) is 3.96. The summed E-state index contributed by atoms with van der Waals surface area (Å²) in [7, 11) is 0. The number of amides is 1. The summed E-state index contributed by atoms with van der Waals surface area (Å²) in [5.41, 5.74) is 0. The highest BCUT2D eigenvalue weighted by Crippen LogP contribution is 2.18. The Hall–Kier alpha value is -1.55. The molecule has 1 N–H and O–H groups in total. The van der Waals surface area contributed by atoms with Gasteiger partial charge in [-0.25, -0.2) is 0 Å². The minimum atomic E-state index is 0.00930. The van der Waals surface area contributed by atoms with Crippen molar-refractivity contribution < 1.29 is 14.6 Å². The molecule has 21 heavy (non-hydrogen) atoms. The molecule has 1 aliphatic rings. The number of hydrogen-bond donors (Lipinski definition) is 1. The third kappa shape index (κ3) is 5.05. The molecule has 1 aromatic carbocycles. The molecule has 1 heterocycles. The molecule has 1 aliphatic heterocycles. The number of benzene rings is 1. The number of likely N-dealkylation sites (tertiary alicyclic amines) is 1. The Morgan fingerprint density at radius 3 is 2.81 bits per heavy atom. The number of ether oxygens (including phenoxy) is 1. The average molecular weight is 291 g/mol. The maximum Gasteiger partial charge on any atom is 0.223 e. The largest absolute Gasteiger partial charge is 0.494 e. The molecule has 1 aromatic rings. The highest BCUT2D eigenvalue weighted by molar-refractivity contribution is 5.76. The zero-order valence-corrected chi connectivity index (χ0v) is 12.5. The fourth-order valence-corrected chi connectivity index (χ4v) is 2.77. The molecule has 1 saturated heterocycles. The number of rotatable bonds is 6. The Bertz CT molecular complexity index is 421. The van der Waals surface area contributed by atoms with E-state index in [2.05, 4.69) is 0 Å². The standard InChI is InChI=1S/C17H25NO3/c19-14-15-8-3-2-6-12-18(15)17(20)11-7-13-21-16-9-4-1-5-10-16/h1,4-5,9-10,15,19H,2-3,6-8,11-14H2. The second-order valence-corrected chi connectivity index (χ2v) is 5.54. The fraction of sp³-hybridized carbons (Fsp3) is 0.588. The number of aliphatic hydroxyl groups is 1. The Morgan fingerprint density at radius 2 is 2.05 bits per heavy atom. The summed E-state index contributed by atoms with van der Waals surface area (Å²) < 4.78 is 5.60. The van der Waals surface area contributed by atoms with Crippen LogP contribution in [0.3, 0.4) is 0 Å². The van der Waals surface area contributed by atoms with Crippen molar-refractivity contribution in [3.63, 3.8) is 0 Å². The van der Waals surface area contributed by atoms with E-state index in [4.69, 9.17) is 4.74 Å². The first kappa shape index (κ1) is 15.8. The van der Waals surface area contributed by atoms with E-state index >= 15 is 0 Å². The number of carbonyl (C=O) groups excluding carboxylic acids is 1. The predicted octanol–water partition coefficient (Wildman–Crippen LogP) is 2.61. The van der Waals surface area contributed by atoms with Crippen molar-refractivity contribution in [2.45, 2.75) is 44.6 Å². The summed E-state index contributed by atoms with van der Waals surface area (Å²) in [6.07, 6.45) is 5.42. The minimum Gasteiger partial charge on any atom is -0.494 e. The van der Waals surface area contributed by atoms with Crippen LogP contribution in [0.4, 0.5) is 0 Å². The van der Waals surface area contributed by atoms with Crippen LogP contribution in [0.5, 0.6) is 5.75 Å². The zero-order valence-electron chi connectivity index (χ0n) is 12.5. The number of hydrogen-bond acceptors (Lipinski definition) is 3. The van der Waals surface area contributed by atoms with Gasteiger partial charge in [0.25, 0.3) is 0 Å².